The Kier molecular flexibility index (Phi) is 8.95. The zero-order chi connectivity index (χ0) is 24.8. The van der Waals surface area contributed by atoms with Crippen molar-refractivity contribution < 1.29 is 32.1 Å². The van der Waals surface area contributed by atoms with Crippen LogP contribution in [0.1, 0.15) is 58.8 Å². The van der Waals surface area contributed by atoms with E-state index in [2.05, 4.69) is 20.1 Å². The lowest BCUT2D eigenvalue weighted by molar-refractivity contribution is -0.143. The maximum Gasteiger partial charge on any atom is 0.408 e. The topological polar surface area (TPSA) is 139 Å². The molecule has 2 rings (SSSR count). The smallest absolute Gasteiger partial charge is 0.408 e. The van der Waals surface area contributed by atoms with E-state index < -0.39 is 40.5 Å². The summed E-state index contributed by atoms with van der Waals surface area (Å²) in [7, 11) is 0. The molecule has 0 saturated heterocycles. The van der Waals surface area contributed by atoms with Crippen molar-refractivity contribution in [3.05, 3.63) is 40.9 Å². The number of thiazole rings is 1. The number of carbonyl (C=O) groups excluding carboxylic acids is 2. The predicted molar refractivity (Wildman–Crippen MR) is 123 cm³/mol. The zero-order valence-electron chi connectivity index (χ0n) is 19.3. The number of esters is 1. The highest BCUT2D eigenvalue weighted by atomic mass is 32.2. The van der Waals surface area contributed by atoms with Gasteiger partial charge >= 0.3 is 12.1 Å². The van der Waals surface area contributed by atoms with Gasteiger partial charge in [-0.25, -0.2) is 14.0 Å². The highest BCUT2D eigenvalue weighted by molar-refractivity contribution is 7.74. The van der Waals surface area contributed by atoms with Crippen LogP contribution in [0.15, 0.2) is 29.6 Å². The van der Waals surface area contributed by atoms with E-state index in [1.54, 1.807) is 71.2 Å². The number of hydrogen-bond acceptors (Lipinski definition) is 10. The molecule has 10 nitrogen and oxygen atoms in total. The summed E-state index contributed by atoms with van der Waals surface area (Å²) >= 11 is -1.54. The van der Waals surface area contributed by atoms with E-state index in [1.165, 1.54) is 0 Å². The molecule has 1 unspecified atom stereocenters. The summed E-state index contributed by atoms with van der Waals surface area (Å²) in [5, 5.41) is 4.70. The van der Waals surface area contributed by atoms with Gasteiger partial charge in [0.25, 0.3) is 5.19 Å². The first-order chi connectivity index (χ1) is 15.2. The Labute approximate surface area is 199 Å². The lowest BCUT2D eigenvalue weighted by Gasteiger charge is -2.23. The van der Waals surface area contributed by atoms with Crippen LogP contribution in [0.3, 0.4) is 0 Å². The molecule has 182 valence electrons. The Morgan fingerprint density at radius 3 is 2.33 bits per heavy atom. The molecule has 0 aliphatic carbocycles. The number of benzene rings is 1. The third kappa shape index (κ3) is 9.46. The molecule has 0 radical (unpaired) electrons. The van der Waals surface area contributed by atoms with Gasteiger partial charge in [0.15, 0.2) is 0 Å². The third-order valence-electron chi connectivity index (χ3n) is 3.96. The SMILES string of the molecule is CC(C)(C)OC(=O)N[C@@H](Cc1ccc(NOS(=O)[O-])cc1)c1csc(OC(=O)C(C)(C)C)n1. The monoisotopic (exact) mass is 498 g/mol. The number of rotatable bonds is 8. The Balaban J connectivity index is 2.19. The van der Waals surface area contributed by atoms with Gasteiger partial charge in [-0.3, -0.25) is 10.3 Å². The van der Waals surface area contributed by atoms with Crippen molar-refractivity contribution in [3.63, 3.8) is 0 Å². The minimum atomic E-state index is -2.69. The van der Waals surface area contributed by atoms with Gasteiger partial charge in [0.1, 0.15) is 17.0 Å². The van der Waals surface area contributed by atoms with Crippen molar-refractivity contribution in [2.45, 2.75) is 59.6 Å². The van der Waals surface area contributed by atoms with E-state index in [9.17, 15) is 18.4 Å². The van der Waals surface area contributed by atoms with Gasteiger partial charge in [-0.15, -0.1) is 0 Å². The summed E-state index contributed by atoms with van der Waals surface area (Å²) in [6.45, 7) is 10.5. The molecule has 2 atom stereocenters. The summed E-state index contributed by atoms with van der Waals surface area (Å²) in [4.78, 5) is 29.0. The van der Waals surface area contributed by atoms with Crippen molar-refractivity contribution >= 4 is 40.4 Å². The third-order valence-corrected chi connectivity index (χ3v) is 4.92. The van der Waals surface area contributed by atoms with Gasteiger partial charge in [-0.2, -0.15) is 4.28 Å². The Morgan fingerprint density at radius 2 is 1.79 bits per heavy atom. The van der Waals surface area contributed by atoms with E-state index in [1.807, 2.05) is 0 Å². The zero-order valence-corrected chi connectivity index (χ0v) is 20.9. The summed E-state index contributed by atoms with van der Waals surface area (Å²) < 4.78 is 36.0. The summed E-state index contributed by atoms with van der Waals surface area (Å²) in [5.41, 5.74) is 2.69. The molecular formula is C21H28N3O7S2-. The fourth-order valence-electron chi connectivity index (χ4n) is 2.41. The number of amides is 1. The average molecular weight is 499 g/mol. The lowest BCUT2D eigenvalue weighted by atomic mass is 9.98. The molecule has 0 saturated carbocycles. The second kappa shape index (κ2) is 11.1. The molecule has 1 aromatic carbocycles. The number of alkyl carbamates (subject to hydrolysis) is 1. The molecule has 1 heterocycles. The number of carbonyl (C=O) groups is 2. The average Bonchev–Trinajstić information content (AvgIpc) is 3.13. The molecular weight excluding hydrogens is 470 g/mol. The van der Waals surface area contributed by atoms with Crippen LogP contribution in [-0.4, -0.2) is 31.4 Å². The molecule has 0 fully saturated rings. The van der Waals surface area contributed by atoms with Crippen molar-refractivity contribution in [3.8, 4) is 5.19 Å². The fraction of sp³-hybridized carbons (Fsp3) is 0.476. The van der Waals surface area contributed by atoms with Gasteiger partial charge in [0, 0.05) is 5.38 Å². The van der Waals surface area contributed by atoms with Crippen molar-refractivity contribution in [2.24, 2.45) is 5.41 Å². The van der Waals surface area contributed by atoms with Gasteiger partial charge in [0.05, 0.1) is 22.8 Å². The van der Waals surface area contributed by atoms with Gasteiger partial charge in [-0.1, -0.05) is 23.5 Å². The minimum Gasteiger partial charge on any atom is -0.748 e. The van der Waals surface area contributed by atoms with E-state index in [0.717, 1.165) is 16.9 Å². The van der Waals surface area contributed by atoms with Crippen LogP contribution in [0.2, 0.25) is 0 Å². The maximum atomic E-state index is 12.4. The van der Waals surface area contributed by atoms with Gasteiger partial charge in [0.2, 0.25) is 0 Å². The number of aromatic nitrogens is 1. The van der Waals surface area contributed by atoms with E-state index in [0.29, 0.717) is 17.8 Å². The fourth-order valence-corrected chi connectivity index (χ4v) is 3.30. The number of nitrogens with zero attached hydrogens (tertiary/aromatic N) is 1. The van der Waals surface area contributed by atoms with Crippen LogP contribution in [0.4, 0.5) is 10.5 Å². The lowest BCUT2D eigenvalue weighted by Crippen LogP contribution is -2.36. The van der Waals surface area contributed by atoms with Crippen molar-refractivity contribution in [2.75, 3.05) is 5.48 Å². The predicted octanol–water partition coefficient (Wildman–Crippen LogP) is 4.04. The minimum absolute atomic E-state index is 0.184. The number of nitrogens with one attached hydrogen (secondary N) is 2. The molecule has 0 bridgehead atoms. The van der Waals surface area contributed by atoms with E-state index in [4.69, 9.17) is 9.47 Å². The number of anilines is 1. The first-order valence-corrected chi connectivity index (χ1v) is 11.9. The molecule has 0 spiro atoms. The first-order valence-electron chi connectivity index (χ1n) is 10.0. The van der Waals surface area contributed by atoms with E-state index >= 15 is 0 Å². The van der Waals surface area contributed by atoms with Crippen LogP contribution < -0.4 is 15.5 Å². The van der Waals surface area contributed by atoms with Crippen LogP contribution in [-0.2, 0) is 31.6 Å². The summed E-state index contributed by atoms with van der Waals surface area (Å²) in [6.07, 6.45) is -0.261. The quantitative estimate of drug-likeness (QED) is 0.313. The van der Waals surface area contributed by atoms with E-state index in [-0.39, 0.29) is 5.19 Å². The Bertz CT molecular complexity index is 979. The number of ether oxygens (including phenoxy) is 2. The molecule has 12 heteroatoms. The van der Waals surface area contributed by atoms with Crippen LogP contribution >= 0.6 is 11.3 Å². The maximum absolute atomic E-state index is 12.4. The number of hydrogen-bond donors (Lipinski definition) is 2. The molecule has 33 heavy (non-hydrogen) atoms. The van der Waals surface area contributed by atoms with Crippen molar-refractivity contribution in [1.82, 2.24) is 10.3 Å². The van der Waals surface area contributed by atoms with Crippen LogP contribution in [0.5, 0.6) is 5.19 Å². The molecule has 1 aromatic heterocycles. The van der Waals surface area contributed by atoms with Crippen LogP contribution in [0, 0.1) is 5.41 Å². The summed E-state index contributed by atoms with van der Waals surface area (Å²) in [5.74, 6) is -0.413. The molecule has 1 amide bonds. The Hall–Kier alpha value is -2.54. The first kappa shape index (κ1) is 26.7. The van der Waals surface area contributed by atoms with Gasteiger partial charge in [-0.05, 0) is 65.7 Å². The summed E-state index contributed by atoms with van der Waals surface area (Å²) in [6, 6.07) is 6.18. The second-order valence-electron chi connectivity index (χ2n) is 9.17. The Morgan fingerprint density at radius 1 is 1.15 bits per heavy atom. The van der Waals surface area contributed by atoms with Crippen molar-refractivity contribution in [1.29, 1.82) is 0 Å². The second-order valence-corrected chi connectivity index (χ2v) is 10.6. The standard InChI is InChI=1S/C21H29N3O7S2/c1-20(2,3)17(25)29-19-23-16(12-32-19)15(22-18(26)30-21(4,5)6)11-13-7-9-14(10-8-13)24-31-33(27)28/h7-10,12,15,24H,11H2,1-6H3,(H,22,26)(H,27,28)/p-1/t15-/m0/s1. The highest BCUT2D eigenvalue weighted by Gasteiger charge is 2.27. The largest absolute Gasteiger partial charge is 0.748 e. The molecule has 2 aromatic rings. The van der Waals surface area contributed by atoms with Crippen LogP contribution in [0.25, 0.3) is 0 Å². The highest BCUT2D eigenvalue weighted by Crippen LogP contribution is 2.28. The normalized spacial score (nSPS) is 13.7. The molecule has 0 aliphatic heterocycles. The molecule has 0 aliphatic rings. The molecule has 2 N–H and O–H groups in total. The van der Waals surface area contributed by atoms with Gasteiger partial charge < -0.3 is 19.3 Å².